The largest absolute Gasteiger partial charge is 0.352 e. The van der Waals surface area contributed by atoms with E-state index in [-0.39, 0.29) is 5.91 Å². The van der Waals surface area contributed by atoms with Crippen molar-refractivity contribution in [2.45, 2.75) is 18.8 Å². The zero-order chi connectivity index (χ0) is 10.9. The molecular formula is C12H15NOS. The van der Waals surface area contributed by atoms with Gasteiger partial charge in [0.2, 0.25) is 5.91 Å². The number of carbonyl (C=O) groups excluding carboxylic acids is 1. The van der Waals surface area contributed by atoms with Crippen molar-refractivity contribution in [3.63, 3.8) is 0 Å². The van der Waals surface area contributed by atoms with Crippen molar-refractivity contribution in [2.75, 3.05) is 6.54 Å². The third kappa shape index (κ3) is 1.97. The minimum atomic E-state index is -0.0737. The predicted octanol–water partition coefficient (Wildman–Crippen LogP) is 2.33. The molecule has 0 aliphatic heterocycles. The van der Waals surface area contributed by atoms with Crippen LogP contribution in [-0.2, 0) is 10.2 Å². The second kappa shape index (κ2) is 3.81. The van der Waals surface area contributed by atoms with E-state index < -0.39 is 0 Å². The van der Waals surface area contributed by atoms with Crippen LogP contribution in [0.2, 0.25) is 0 Å². The van der Waals surface area contributed by atoms with Gasteiger partial charge in [0.25, 0.3) is 0 Å². The summed E-state index contributed by atoms with van der Waals surface area (Å²) in [5, 5.41) is 4.97. The van der Waals surface area contributed by atoms with Crippen LogP contribution in [0.25, 0.3) is 0 Å². The van der Waals surface area contributed by atoms with Gasteiger partial charge in [0.05, 0.1) is 0 Å². The van der Waals surface area contributed by atoms with Crippen LogP contribution in [0.4, 0.5) is 0 Å². The van der Waals surface area contributed by atoms with Gasteiger partial charge in [-0.1, -0.05) is 19.6 Å². The maximum Gasteiger partial charge on any atom is 0.243 e. The van der Waals surface area contributed by atoms with Crippen molar-refractivity contribution < 1.29 is 4.79 Å². The monoisotopic (exact) mass is 221 g/mol. The van der Waals surface area contributed by atoms with Crippen LogP contribution in [0.15, 0.2) is 30.2 Å². The van der Waals surface area contributed by atoms with Gasteiger partial charge in [-0.15, -0.1) is 11.3 Å². The number of rotatable bonds is 4. The van der Waals surface area contributed by atoms with Crippen molar-refractivity contribution >= 4 is 17.2 Å². The van der Waals surface area contributed by atoms with Gasteiger partial charge in [-0.3, -0.25) is 4.79 Å². The molecule has 2 rings (SSSR count). The topological polar surface area (TPSA) is 29.1 Å². The highest BCUT2D eigenvalue weighted by Gasteiger charge is 2.51. The molecule has 0 unspecified atom stereocenters. The fourth-order valence-electron chi connectivity index (χ4n) is 1.95. The number of nitrogens with one attached hydrogen (secondary N) is 1. The molecule has 1 aromatic rings. The zero-order valence-corrected chi connectivity index (χ0v) is 9.64. The molecule has 2 nitrogen and oxygen atoms in total. The van der Waals surface area contributed by atoms with Gasteiger partial charge in [0, 0.05) is 16.8 Å². The Morgan fingerprint density at radius 2 is 2.67 bits per heavy atom. The molecule has 0 bridgehead atoms. The molecule has 1 fully saturated rings. The van der Waals surface area contributed by atoms with E-state index in [2.05, 4.69) is 36.3 Å². The summed E-state index contributed by atoms with van der Waals surface area (Å²) in [6.45, 7) is 6.47. The molecule has 3 heteroatoms. The molecule has 1 saturated carbocycles. The molecule has 0 aromatic carbocycles. The van der Waals surface area contributed by atoms with E-state index in [1.165, 1.54) is 17.4 Å². The molecule has 1 amide bonds. The van der Waals surface area contributed by atoms with Gasteiger partial charge in [0.1, 0.15) is 0 Å². The van der Waals surface area contributed by atoms with Crippen molar-refractivity contribution in [3.05, 3.63) is 35.0 Å². The van der Waals surface area contributed by atoms with Crippen LogP contribution in [-0.4, -0.2) is 12.5 Å². The van der Waals surface area contributed by atoms with Crippen molar-refractivity contribution in [1.29, 1.82) is 0 Å². The zero-order valence-electron chi connectivity index (χ0n) is 8.82. The van der Waals surface area contributed by atoms with E-state index in [9.17, 15) is 4.79 Å². The summed E-state index contributed by atoms with van der Waals surface area (Å²) in [6, 6.07) is 4.27. The molecule has 1 N–H and O–H groups in total. The number of hydrogen-bond donors (Lipinski definition) is 1. The minimum Gasteiger partial charge on any atom is -0.352 e. The highest BCUT2D eigenvalue weighted by Crippen LogP contribution is 2.54. The second-order valence-electron chi connectivity index (χ2n) is 4.25. The standard InChI is InChI=1S/C12H15NOS/c1-3-11(14)13-8-9-7-12(9,2)10-5-4-6-15-10/h3-6,9H,1,7-8H2,2H3,(H,13,14)/t9-,12-/m1/s1. The molecule has 2 atom stereocenters. The Labute approximate surface area is 94.0 Å². The lowest BCUT2D eigenvalue weighted by molar-refractivity contribution is -0.116. The minimum absolute atomic E-state index is 0.0737. The summed E-state index contributed by atoms with van der Waals surface area (Å²) < 4.78 is 0. The summed E-state index contributed by atoms with van der Waals surface area (Å²) >= 11 is 1.80. The molecule has 1 aliphatic carbocycles. The smallest absolute Gasteiger partial charge is 0.243 e. The maximum absolute atomic E-state index is 11.0. The van der Waals surface area contributed by atoms with Crippen LogP contribution < -0.4 is 5.32 Å². The first-order chi connectivity index (χ1) is 7.16. The lowest BCUT2D eigenvalue weighted by Crippen LogP contribution is -2.25. The molecule has 0 radical (unpaired) electrons. The summed E-state index contributed by atoms with van der Waals surface area (Å²) in [5.74, 6) is 0.510. The number of carbonyl (C=O) groups is 1. The summed E-state index contributed by atoms with van der Waals surface area (Å²) in [7, 11) is 0. The highest BCUT2D eigenvalue weighted by molar-refractivity contribution is 7.10. The third-order valence-corrected chi connectivity index (χ3v) is 4.35. The molecule has 1 aromatic heterocycles. The maximum atomic E-state index is 11.0. The van der Waals surface area contributed by atoms with Crippen LogP contribution in [0.5, 0.6) is 0 Å². The average Bonchev–Trinajstić information content (AvgIpc) is 2.72. The first kappa shape index (κ1) is 10.4. The van der Waals surface area contributed by atoms with Gasteiger partial charge < -0.3 is 5.32 Å². The first-order valence-electron chi connectivity index (χ1n) is 5.11. The quantitative estimate of drug-likeness (QED) is 0.777. The Morgan fingerprint density at radius 3 is 3.27 bits per heavy atom. The van der Waals surface area contributed by atoms with Crippen LogP contribution in [0.3, 0.4) is 0 Å². The molecule has 1 heterocycles. The van der Waals surface area contributed by atoms with E-state index in [0.29, 0.717) is 11.3 Å². The van der Waals surface area contributed by atoms with E-state index >= 15 is 0 Å². The third-order valence-electron chi connectivity index (χ3n) is 3.20. The molecule has 0 spiro atoms. The van der Waals surface area contributed by atoms with E-state index in [0.717, 1.165) is 6.54 Å². The predicted molar refractivity (Wildman–Crippen MR) is 63.0 cm³/mol. The summed E-state index contributed by atoms with van der Waals surface area (Å²) in [6.07, 6.45) is 2.50. The Bertz CT molecular complexity index is 371. The molecule has 0 saturated heterocycles. The Balaban J connectivity index is 1.90. The van der Waals surface area contributed by atoms with Gasteiger partial charge >= 0.3 is 0 Å². The van der Waals surface area contributed by atoms with Crippen molar-refractivity contribution in [3.8, 4) is 0 Å². The van der Waals surface area contributed by atoms with E-state index in [4.69, 9.17) is 0 Å². The Kier molecular flexibility index (Phi) is 2.65. The van der Waals surface area contributed by atoms with Crippen LogP contribution in [0, 0.1) is 5.92 Å². The lowest BCUT2D eigenvalue weighted by atomic mass is 10.0. The Morgan fingerprint density at radius 1 is 1.87 bits per heavy atom. The van der Waals surface area contributed by atoms with Crippen LogP contribution >= 0.6 is 11.3 Å². The van der Waals surface area contributed by atoms with Gasteiger partial charge in [-0.2, -0.15) is 0 Å². The van der Waals surface area contributed by atoms with E-state index in [1.807, 2.05) is 0 Å². The lowest BCUT2D eigenvalue weighted by Gasteiger charge is -2.08. The fourth-order valence-corrected chi connectivity index (χ4v) is 2.93. The van der Waals surface area contributed by atoms with Gasteiger partial charge in [0.15, 0.2) is 0 Å². The number of hydrogen-bond acceptors (Lipinski definition) is 2. The number of thiophene rings is 1. The molecular weight excluding hydrogens is 206 g/mol. The van der Waals surface area contributed by atoms with Crippen LogP contribution in [0.1, 0.15) is 18.2 Å². The van der Waals surface area contributed by atoms with Crippen molar-refractivity contribution in [1.82, 2.24) is 5.32 Å². The summed E-state index contributed by atoms with van der Waals surface area (Å²) in [4.78, 5) is 12.4. The summed E-state index contributed by atoms with van der Waals surface area (Å²) in [5.41, 5.74) is 0.294. The second-order valence-corrected chi connectivity index (χ2v) is 5.19. The number of amides is 1. The normalized spacial score (nSPS) is 28.5. The SMILES string of the molecule is C=CC(=O)NC[C@H]1C[C@@]1(C)c1cccs1. The molecule has 1 aliphatic rings. The molecule has 80 valence electrons. The van der Waals surface area contributed by atoms with Gasteiger partial charge in [-0.05, 0) is 29.9 Å². The van der Waals surface area contributed by atoms with Gasteiger partial charge in [-0.25, -0.2) is 0 Å². The average molecular weight is 221 g/mol. The molecule has 15 heavy (non-hydrogen) atoms. The fraction of sp³-hybridized carbons (Fsp3) is 0.417. The Hall–Kier alpha value is -1.09. The first-order valence-corrected chi connectivity index (χ1v) is 5.99. The van der Waals surface area contributed by atoms with E-state index in [1.54, 1.807) is 11.3 Å². The van der Waals surface area contributed by atoms with Crippen molar-refractivity contribution in [2.24, 2.45) is 5.92 Å². The highest BCUT2D eigenvalue weighted by atomic mass is 32.1.